The Morgan fingerprint density at radius 2 is 1.48 bits per heavy atom. The molecule has 0 fully saturated rings. The van der Waals surface area contributed by atoms with Gasteiger partial charge in [0, 0.05) is 11.8 Å². The molecule has 0 heterocycles. The van der Waals surface area contributed by atoms with Crippen LogP contribution in [0.25, 0.3) is 11.1 Å². The molecule has 0 aromatic heterocycles. The molecule has 0 spiro atoms. The quantitative estimate of drug-likeness (QED) is 0.769. The van der Waals surface area contributed by atoms with E-state index in [1.165, 1.54) is 6.26 Å². The zero-order chi connectivity index (χ0) is 15.8. The maximum absolute atomic E-state index is 11.5. The van der Waals surface area contributed by atoms with E-state index in [2.05, 4.69) is 13.8 Å². The molecule has 2 aromatic rings. The van der Waals surface area contributed by atoms with Crippen molar-refractivity contribution >= 4 is 33.0 Å². The summed E-state index contributed by atoms with van der Waals surface area (Å²) in [5, 5.41) is 1.05. The molecule has 0 radical (unpaired) electrons. The minimum Gasteiger partial charge on any atom is -0.224 e. The van der Waals surface area contributed by atoms with E-state index in [1.54, 1.807) is 24.3 Å². The predicted octanol–water partition coefficient (Wildman–Crippen LogP) is 5.19. The number of hydrogen-bond donors (Lipinski definition) is 0. The summed E-state index contributed by atoms with van der Waals surface area (Å²) in [6.45, 7) is 4.11. The van der Waals surface area contributed by atoms with Crippen LogP contribution in [-0.2, 0) is 9.84 Å². The van der Waals surface area contributed by atoms with E-state index in [-0.39, 0.29) is 10.8 Å². The highest BCUT2D eigenvalue weighted by atomic mass is 35.5. The molecule has 5 heteroatoms. The second-order valence-corrected chi connectivity index (χ2v) is 8.05. The Kier molecular flexibility index (Phi) is 4.66. The fraction of sp³-hybridized carbons (Fsp3) is 0.250. The van der Waals surface area contributed by atoms with Gasteiger partial charge in [-0.3, -0.25) is 0 Å². The molecular formula is C16H16Cl2O2S. The molecular weight excluding hydrogens is 327 g/mol. The average Bonchev–Trinajstić information content (AvgIpc) is 2.40. The van der Waals surface area contributed by atoms with Gasteiger partial charge < -0.3 is 0 Å². The lowest BCUT2D eigenvalue weighted by Crippen LogP contribution is -1.96. The molecule has 0 unspecified atom stereocenters. The molecule has 2 nitrogen and oxygen atoms in total. The summed E-state index contributed by atoms with van der Waals surface area (Å²) in [7, 11) is -3.20. The number of rotatable bonds is 3. The second-order valence-electron chi connectivity index (χ2n) is 5.28. The van der Waals surface area contributed by atoms with Crippen molar-refractivity contribution in [1.82, 2.24) is 0 Å². The van der Waals surface area contributed by atoms with E-state index < -0.39 is 9.84 Å². The molecule has 0 aliphatic rings. The molecule has 2 rings (SSSR count). The molecule has 0 N–H and O–H groups in total. The number of hydrogen-bond acceptors (Lipinski definition) is 2. The summed E-state index contributed by atoms with van der Waals surface area (Å²) in [6, 6.07) is 10.5. The Morgan fingerprint density at radius 3 is 1.95 bits per heavy atom. The average molecular weight is 343 g/mol. The van der Waals surface area contributed by atoms with Gasteiger partial charge in [0.05, 0.1) is 14.9 Å². The van der Waals surface area contributed by atoms with Gasteiger partial charge in [-0.2, -0.15) is 0 Å². The molecule has 0 atom stereocenters. The van der Waals surface area contributed by atoms with Crippen molar-refractivity contribution in [1.29, 1.82) is 0 Å². The van der Waals surface area contributed by atoms with E-state index in [0.29, 0.717) is 10.0 Å². The topological polar surface area (TPSA) is 34.1 Å². The maximum atomic E-state index is 11.5. The monoisotopic (exact) mass is 342 g/mol. The summed E-state index contributed by atoms with van der Waals surface area (Å²) in [6.07, 6.45) is 1.18. The zero-order valence-corrected chi connectivity index (χ0v) is 14.4. The summed E-state index contributed by atoms with van der Waals surface area (Å²) in [5.74, 6) is 0.289. The Labute approximate surface area is 135 Å². The lowest BCUT2D eigenvalue weighted by molar-refractivity contribution is 0.602. The van der Waals surface area contributed by atoms with Crippen LogP contribution >= 0.6 is 23.2 Å². The summed E-state index contributed by atoms with van der Waals surface area (Å²) in [5.41, 5.74) is 2.63. The van der Waals surface area contributed by atoms with Crippen LogP contribution in [0.4, 0.5) is 0 Å². The molecule has 112 valence electrons. The van der Waals surface area contributed by atoms with Gasteiger partial charge in [-0.15, -0.1) is 0 Å². The van der Waals surface area contributed by atoms with Crippen LogP contribution in [0.3, 0.4) is 0 Å². The number of sulfone groups is 1. The maximum Gasteiger partial charge on any atom is 0.175 e. The van der Waals surface area contributed by atoms with Gasteiger partial charge in [0.15, 0.2) is 9.84 Å². The van der Waals surface area contributed by atoms with Crippen LogP contribution in [-0.4, -0.2) is 14.7 Å². The Hall–Kier alpha value is -1.03. The summed E-state index contributed by atoms with van der Waals surface area (Å²) >= 11 is 12.7. The van der Waals surface area contributed by atoms with Gasteiger partial charge in [0.1, 0.15) is 0 Å². The largest absolute Gasteiger partial charge is 0.224 e. The van der Waals surface area contributed by atoms with E-state index in [1.807, 2.05) is 12.1 Å². The van der Waals surface area contributed by atoms with Crippen molar-refractivity contribution in [3.63, 3.8) is 0 Å². The lowest BCUT2D eigenvalue weighted by Gasteiger charge is -2.13. The molecule has 0 saturated carbocycles. The van der Waals surface area contributed by atoms with E-state index >= 15 is 0 Å². The molecule has 0 aliphatic heterocycles. The van der Waals surface area contributed by atoms with Crippen molar-refractivity contribution in [2.45, 2.75) is 24.7 Å². The minimum atomic E-state index is -3.20. The third-order valence-corrected chi connectivity index (χ3v) is 5.35. The first kappa shape index (κ1) is 16.3. The van der Waals surface area contributed by atoms with Gasteiger partial charge in [-0.05, 0) is 29.2 Å². The SMILES string of the molecule is CC(C)c1ccc(-c2ccc(S(C)(=O)=O)cc2)c(Cl)c1Cl. The van der Waals surface area contributed by atoms with Crippen LogP contribution in [0.1, 0.15) is 25.3 Å². The van der Waals surface area contributed by atoms with Crippen LogP contribution in [0.15, 0.2) is 41.3 Å². The van der Waals surface area contributed by atoms with Crippen LogP contribution in [0.5, 0.6) is 0 Å². The van der Waals surface area contributed by atoms with Crippen LogP contribution < -0.4 is 0 Å². The third kappa shape index (κ3) is 3.42. The van der Waals surface area contributed by atoms with Gasteiger partial charge in [0.25, 0.3) is 0 Å². The summed E-state index contributed by atoms with van der Waals surface area (Å²) in [4.78, 5) is 0.285. The first-order valence-electron chi connectivity index (χ1n) is 6.50. The van der Waals surface area contributed by atoms with Crippen molar-refractivity contribution in [2.75, 3.05) is 6.26 Å². The van der Waals surface area contributed by atoms with E-state index in [0.717, 1.165) is 16.7 Å². The highest BCUT2D eigenvalue weighted by Crippen LogP contribution is 2.38. The third-order valence-electron chi connectivity index (χ3n) is 3.33. The second kappa shape index (κ2) is 5.99. The molecule has 2 aromatic carbocycles. The molecule has 0 aliphatic carbocycles. The van der Waals surface area contributed by atoms with Crippen molar-refractivity contribution in [3.8, 4) is 11.1 Å². The van der Waals surface area contributed by atoms with Gasteiger partial charge in [-0.1, -0.05) is 61.3 Å². The molecule has 0 amide bonds. The Balaban J connectivity index is 2.51. The first-order valence-corrected chi connectivity index (χ1v) is 9.15. The fourth-order valence-electron chi connectivity index (χ4n) is 2.11. The molecule has 0 bridgehead atoms. The Morgan fingerprint density at radius 1 is 0.905 bits per heavy atom. The normalized spacial score (nSPS) is 11.9. The van der Waals surface area contributed by atoms with Crippen molar-refractivity contribution in [2.24, 2.45) is 0 Å². The smallest absolute Gasteiger partial charge is 0.175 e. The zero-order valence-electron chi connectivity index (χ0n) is 12.0. The predicted molar refractivity (Wildman–Crippen MR) is 89.1 cm³/mol. The molecule has 0 saturated heterocycles. The Bertz CT molecular complexity index is 764. The summed E-state index contributed by atoms with van der Waals surface area (Å²) < 4.78 is 22.9. The fourth-order valence-corrected chi connectivity index (χ4v) is 3.41. The van der Waals surface area contributed by atoms with Gasteiger partial charge in [-0.25, -0.2) is 8.42 Å². The highest BCUT2D eigenvalue weighted by Gasteiger charge is 2.14. The minimum absolute atomic E-state index is 0.285. The van der Waals surface area contributed by atoms with Crippen LogP contribution in [0, 0.1) is 0 Å². The van der Waals surface area contributed by atoms with Crippen molar-refractivity contribution < 1.29 is 8.42 Å². The molecule has 21 heavy (non-hydrogen) atoms. The number of halogens is 2. The van der Waals surface area contributed by atoms with Gasteiger partial charge >= 0.3 is 0 Å². The van der Waals surface area contributed by atoms with Crippen molar-refractivity contribution in [3.05, 3.63) is 52.0 Å². The lowest BCUT2D eigenvalue weighted by atomic mass is 9.98. The standard InChI is InChI=1S/C16H16Cl2O2S/c1-10(2)13-8-9-14(16(18)15(13)17)11-4-6-12(7-5-11)21(3,19)20/h4-10H,1-3H3. The van der Waals surface area contributed by atoms with Gasteiger partial charge in [0.2, 0.25) is 0 Å². The highest BCUT2D eigenvalue weighted by molar-refractivity contribution is 7.90. The van der Waals surface area contributed by atoms with E-state index in [9.17, 15) is 8.42 Å². The van der Waals surface area contributed by atoms with Crippen LogP contribution in [0.2, 0.25) is 10.0 Å². The number of benzene rings is 2. The first-order chi connectivity index (χ1) is 9.71. The van der Waals surface area contributed by atoms with E-state index in [4.69, 9.17) is 23.2 Å².